The van der Waals surface area contributed by atoms with Crippen molar-refractivity contribution >= 4 is 57.4 Å². The number of carbonyl (C=O) groups excluding carboxylic acids is 3. The van der Waals surface area contributed by atoms with Crippen LogP contribution in [-0.4, -0.2) is 41.2 Å². The Bertz CT molecular complexity index is 1400. The minimum atomic E-state index is -0.598. The average molecular weight is 567 g/mol. The zero-order valence-electron chi connectivity index (χ0n) is 22.1. The van der Waals surface area contributed by atoms with Gasteiger partial charge in [0.2, 0.25) is 11.8 Å². The number of nitrogens with zero attached hydrogens (tertiary/aromatic N) is 2. The molecule has 1 heterocycles. The number of halogens is 2. The molecule has 3 aromatic carbocycles. The molecular formula is C31H33Cl2N3O3. The quantitative estimate of drug-likeness (QED) is 0.295. The van der Waals surface area contributed by atoms with Crippen molar-refractivity contribution in [2.24, 2.45) is 0 Å². The largest absolute Gasteiger partial charge is 0.352 e. The number of anilines is 1. The summed E-state index contributed by atoms with van der Waals surface area (Å²) in [6.45, 7) is 2.60. The highest BCUT2D eigenvalue weighted by Gasteiger charge is 2.32. The molecule has 1 aliphatic heterocycles. The summed E-state index contributed by atoms with van der Waals surface area (Å²) < 4.78 is 0. The molecule has 3 amide bonds. The molecule has 3 aromatic rings. The number of carbonyl (C=O) groups is 3. The first-order valence-corrected chi connectivity index (χ1v) is 14.5. The maximum atomic E-state index is 13.7. The zero-order valence-corrected chi connectivity index (χ0v) is 23.6. The van der Waals surface area contributed by atoms with Crippen molar-refractivity contribution in [2.75, 3.05) is 11.4 Å². The highest BCUT2D eigenvalue weighted by atomic mass is 35.5. The van der Waals surface area contributed by atoms with Gasteiger partial charge in [-0.25, -0.2) is 0 Å². The molecule has 0 radical (unpaired) electrons. The van der Waals surface area contributed by atoms with Gasteiger partial charge in [-0.05, 0) is 60.9 Å². The lowest BCUT2D eigenvalue weighted by molar-refractivity contribution is -0.141. The second-order valence-corrected chi connectivity index (χ2v) is 11.2. The van der Waals surface area contributed by atoms with E-state index in [9.17, 15) is 14.4 Å². The van der Waals surface area contributed by atoms with Crippen molar-refractivity contribution in [1.82, 2.24) is 10.2 Å². The van der Waals surface area contributed by atoms with Gasteiger partial charge in [-0.15, -0.1) is 0 Å². The van der Waals surface area contributed by atoms with E-state index in [-0.39, 0.29) is 36.7 Å². The molecule has 1 fully saturated rings. The molecule has 0 spiro atoms. The third kappa shape index (κ3) is 5.78. The van der Waals surface area contributed by atoms with Crippen molar-refractivity contribution in [2.45, 2.75) is 70.5 Å². The molecule has 2 aliphatic rings. The lowest BCUT2D eigenvalue weighted by Gasteiger charge is -2.32. The Morgan fingerprint density at radius 2 is 1.79 bits per heavy atom. The zero-order chi connectivity index (χ0) is 27.5. The molecule has 8 heteroatoms. The van der Waals surface area contributed by atoms with E-state index < -0.39 is 6.04 Å². The predicted octanol–water partition coefficient (Wildman–Crippen LogP) is 6.75. The van der Waals surface area contributed by atoms with Crippen LogP contribution in [0, 0.1) is 0 Å². The van der Waals surface area contributed by atoms with Crippen LogP contribution >= 0.6 is 23.2 Å². The van der Waals surface area contributed by atoms with Gasteiger partial charge >= 0.3 is 0 Å². The molecule has 0 saturated heterocycles. The second kappa shape index (κ2) is 12.0. The summed E-state index contributed by atoms with van der Waals surface area (Å²) in [5, 5.41) is 6.01. The maximum Gasteiger partial charge on any atom is 0.258 e. The number of benzene rings is 3. The first-order chi connectivity index (χ1) is 18.9. The van der Waals surface area contributed by atoms with Crippen LogP contribution in [0.4, 0.5) is 5.69 Å². The van der Waals surface area contributed by atoms with E-state index >= 15 is 0 Å². The van der Waals surface area contributed by atoms with Crippen LogP contribution in [-0.2, 0) is 16.1 Å². The van der Waals surface area contributed by atoms with Gasteiger partial charge in [-0.3, -0.25) is 14.4 Å². The SMILES string of the molecule is CC[C@H](C(=O)NC1CCCC1)N(Cc1ccc(Cl)c(Cl)c1)C(=O)CCCN1C(=O)c2cccc3cccc1c23. The van der Waals surface area contributed by atoms with Gasteiger partial charge in [0.1, 0.15) is 6.04 Å². The maximum absolute atomic E-state index is 13.7. The van der Waals surface area contributed by atoms with Crippen molar-refractivity contribution in [3.63, 3.8) is 0 Å². The van der Waals surface area contributed by atoms with Crippen molar-refractivity contribution in [3.8, 4) is 0 Å². The Morgan fingerprint density at radius 1 is 1.05 bits per heavy atom. The summed E-state index contributed by atoms with van der Waals surface area (Å²) in [5.41, 5.74) is 2.39. The van der Waals surface area contributed by atoms with Crippen LogP contribution in [0.3, 0.4) is 0 Å². The fraction of sp³-hybridized carbons (Fsp3) is 0.387. The van der Waals surface area contributed by atoms with Gasteiger partial charge in [0.05, 0.1) is 15.7 Å². The molecular weight excluding hydrogens is 533 g/mol. The number of nitrogens with one attached hydrogen (secondary N) is 1. The van der Waals surface area contributed by atoms with Crippen LogP contribution in [0.2, 0.25) is 10.0 Å². The van der Waals surface area contributed by atoms with E-state index in [1.807, 2.05) is 49.4 Å². The van der Waals surface area contributed by atoms with E-state index in [4.69, 9.17) is 23.2 Å². The Kier molecular flexibility index (Phi) is 8.43. The highest BCUT2D eigenvalue weighted by Crippen LogP contribution is 2.37. The third-order valence-electron chi connectivity index (χ3n) is 7.85. The molecule has 0 unspecified atom stereocenters. The predicted molar refractivity (Wildman–Crippen MR) is 156 cm³/mol. The highest BCUT2D eigenvalue weighted by molar-refractivity contribution is 6.42. The smallest absolute Gasteiger partial charge is 0.258 e. The van der Waals surface area contributed by atoms with Crippen molar-refractivity contribution < 1.29 is 14.4 Å². The van der Waals surface area contributed by atoms with Gasteiger partial charge in [0, 0.05) is 36.5 Å². The average Bonchev–Trinajstić information content (AvgIpc) is 3.54. The Morgan fingerprint density at radius 3 is 2.51 bits per heavy atom. The summed E-state index contributed by atoms with van der Waals surface area (Å²) in [7, 11) is 0. The van der Waals surface area contributed by atoms with Gasteiger partial charge in [-0.1, -0.05) is 73.3 Å². The van der Waals surface area contributed by atoms with Gasteiger partial charge in [-0.2, -0.15) is 0 Å². The lowest BCUT2D eigenvalue weighted by atomic mass is 10.1. The molecule has 0 aromatic heterocycles. The first kappa shape index (κ1) is 27.5. The molecule has 6 nitrogen and oxygen atoms in total. The third-order valence-corrected chi connectivity index (χ3v) is 8.58. The number of rotatable bonds is 10. The molecule has 0 bridgehead atoms. The van der Waals surface area contributed by atoms with Crippen molar-refractivity contribution in [3.05, 3.63) is 75.8 Å². The summed E-state index contributed by atoms with van der Waals surface area (Å²) in [6.07, 6.45) is 5.36. The summed E-state index contributed by atoms with van der Waals surface area (Å²) in [6, 6.07) is 16.5. The van der Waals surface area contributed by atoms with Crippen LogP contribution in [0.5, 0.6) is 0 Å². The standard InChI is InChI=1S/C31H33Cl2N3O3/c1-2-26(30(38)34-22-10-3-4-11-22)36(19-20-15-16-24(32)25(33)18-20)28(37)14-7-17-35-27-13-6-9-21-8-5-12-23(29(21)27)31(35)39/h5-6,8-9,12-13,15-16,18,22,26H,2-4,7,10-11,14,17,19H2,1H3,(H,34,38)/t26-/m1/s1. The lowest BCUT2D eigenvalue weighted by Crippen LogP contribution is -2.51. The van der Waals surface area contributed by atoms with E-state index in [1.165, 1.54) is 0 Å². The van der Waals surface area contributed by atoms with Crippen LogP contribution < -0.4 is 10.2 Å². The van der Waals surface area contributed by atoms with E-state index in [0.29, 0.717) is 35.0 Å². The molecule has 1 N–H and O–H groups in total. The number of hydrogen-bond donors (Lipinski definition) is 1. The van der Waals surface area contributed by atoms with E-state index in [2.05, 4.69) is 5.32 Å². The topological polar surface area (TPSA) is 69.7 Å². The Balaban J connectivity index is 1.31. The molecule has 5 rings (SSSR count). The molecule has 1 atom stereocenters. The summed E-state index contributed by atoms with van der Waals surface area (Å²) in [4.78, 5) is 43.6. The van der Waals surface area contributed by atoms with Crippen molar-refractivity contribution in [1.29, 1.82) is 0 Å². The van der Waals surface area contributed by atoms with E-state index in [1.54, 1.807) is 21.9 Å². The number of hydrogen-bond acceptors (Lipinski definition) is 3. The monoisotopic (exact) mass is 565 g/mol. The fourth-order valence-corrected chi connectivity index (χ4v) is 6.18. The second-order valence-electron chi connectivity index (χ2n) is 10.4. The molecule has 1 saturated carbocycles. The van der Waals surface area contributed by atoms with Gasteiger partial charge < -0.3 is 15.1 Å². The summed E-state index contributed by atoms with van der Waals surface area (Å²) in [5.74, 6) is -0.282. The van der Waals surface area contributed by atoms with Crippen LogP contribution in [0.1, 0.15) is 67.8 Å². The minimum Gasteiger partial charge on any atom is -0.352 e. The first-order valence-electron chi connectivity index (χ1n) is 13.7. The Hall–Kier alpha value is -3.09. The number of amides is 3. The van der Waals surface area contributed by atoms with Gasteiger partial charge in [0.25, 0.3) is 5.91 Å². The van der Waals surface area contributed by atoms with Gasteiger partial charge in [0.15, 0.2) is 0 Å². The Labute approximate surface area is 239 Å². The minimum absolute atomic E-state index is 0.0377. The fourth-order valence-electron chi connectivity index (χ4n) is 5.85. The molecule has 1 aliphatic carbocycles. The summed E-state index contributed by atoms with van der Waals surface area (Å²) >= 11 is 12.4. The van der Waals surface area contributed by atoms with Crippen LogP contribution in [0.15, 0.2) is 54.6 Å². The van der Waals surface area contributed by atoms with Crippen LogP contribution in [0.25, 0.3) is 10.8 Å². The normalized spacial score (nSPS) is 15.7. The molecule has 204 valence electrons. The molecule has 39 heavy (non-hydrogen) atoms. The van der Waals surface area contributed by atoms with E-state index in [0.717, 1.165) is 47.7 Å².